The highest BCUT2D eigenvalue weighted by atomic mass is 19.1. The first-order valence-electron chi connectivity index (χ1n) is 13.1. The van der Waals surface area contributed by atoms with Gasteiger partial charge in [0.25, 0.3) is 0 Å². The number of hydrogen-bond acceptors (Lipinski definition) is 6. The Bertz CT molecular complexity index is 521. The minimum atomic E-state index is -0.721. The molecule has 0 amide bonds. The highest BCUT2D eigenvalue weighted by molar-refractivity contribution is 5.02. The first-order chi connectivity index (χ1) is 15.0. The molecule has 6 nitrogen and oxygen atoms in total. The van der Waals surface area contributed by atoms with Gasteiger partial charge in [0.2, 0.25) is 0 Å². The number of nitrogens with two attached hydrogens (primary N) is 3. The fraction of sp³-hybridized carbons (Fsp3) is 1.00. The molecule has 190 valence electrons. The van der Waals surface area contributed by atoms with E-state index in [-0.39, 0.29) is 6.04 Å². The number of halogens is 1. The molecular weight excluding hydrogens is 403 g/mol. The van der Waals surface area contributed by atoms with Crippen LogP contribution in [0.3, 0.4) is 0 Å². The Hall–Kier alpha value is -0.310. The number of hydrogen-bond donors (Lipinski definition) is 3. The Morgan fingerprint density at radius 1 is 0.719 bits per heavy atom. The lowest BCUT2D eigenvalue weighted by atomic mass is 10.0. The van der Waals surface area contributed by atoms with Gasteiger partial charge in [0, 0.05) is 68.5 Å². The van der Waals surface area contributed by atoms with Crippen LogP contribution in [0.4, 0.5) is 4.39 Å². The Morgan fingerprint density at radius 2 is 1.34 bits per heavy atom. The Kier molecular flexibility index (Phi) is 11.3. The first kappa shape index (κ1) is 27.9. The topological polar surface area (TPSA) is 87.8 Å². The highest BCUT2D eigenvalue weighted by Crippen LogP contribution is 2.37. The highest BCUT2D eigenvalue weighted by Gasteiger charge is 2.45. The van der Waals surface area contributed by atoms with Crippen LogP contribution < -0.4 is 17.2 Å². The van der Waals surface area contributed by atoms with E-state index >= 15 is 0 Å². The van der Waals surface area contributed by atoms with Crippen molar-refractivity contribution < 1.29 is 4.39 Å². The van der Waals surface area contributed by atoms with Crippen LogP contribution in [-0.2, 0) is 0 Å². The second-order valence-corrected chi connectivity index (χ2v) is 11.4. The summed E-state index contributed by atoms with van der Waals surface area (Å²) in [5.41, 5.74) is 17.6. The summed E-state index contributed by atoms with van der Waals surface area (Å²) in [6.45, 7) is 18.2. The van der Waals surface area contributed by atoms with Crippen LogP contribution in [0.15, 0.2) is 0 Å². The Balaban J connectivity index is 0.000000170. The number of fused-ring (bicyclic) bond motifs is 2. The van der Waals surface area contributed by atoms with Gasteiger partial charge in [-0.05, 0) is 86.1 Å². The van der Waals surface area contributed by atoms with Crippen molar-refractivity contribution >= 4 is 0 Å². The zero-order chi connectivity index (χ0) is 24.0. The summed E-state index contributed by atoms with van der Waals surface area (Å²) in [6.07, 6.45) is 5.01. The maximum Gasteiger partial charge on any atom is 0.114 e. The molecule has 3 heterocycles. The molecule has 1 aliphatic carbocycles. The molecule has 4 rings (SSSR count). The van der Waals surface area contributed by atoms with Crippen LogP contribution in [0, 0.1) is 5.92 Å². The van der Waals surface area contributed by atoms with Crippen molar-refractivity contribution in [3.05, 3.63) is 0 Å². The van der Waals surface area contributed by atoms with Crippen molar-refractivity contribution in [3.8, 4) is 0 Å². The number of likely N-dealkylation sites (tertiary alicyclic amines) is 3. The molecule has 6 N–H and O–H groups in total. The third kappa shape index (κ3) is 8.17. The molecule has 0 aromatic heterocycles. The average molecular weight is 457 g/mol. The van der Waals surface area contributed by atoms with Crippen molar-refractivity contribution in [1.82, 2.24) is 14.7 Å². The summed E-state index contributed by atoms with van der Waals surface area (Å²) in [4.78, 5) is 7.12. The molecule has 3 aliphatic heterocycles. The van der Waals surface area contributed by atoms with Crippen molar-refractivity contribution in [3.63, 3.8) is 0 Å². The van der Waals surface area contributed by atoms with Gasteiger partial charge in [-0.25, -0.2) is 4.39 Å². The predicted octanol–water partition coefficient (Wildman–Crippen LogP) is 2.40. The van der Waals surface area contributed by atoms with Crippen LogP contribution >= 0.6 is 0 Å². The molecule has 6 atom stereocenters. The van der Waals surface area contributed by atoms with Gasteiger partial charge in [-0.3, -0.25) is 14.7 Å². The minimum absolute atomic E-state index is 0.0288. The van der Waals surface area contributed by atoms with Crippen LogP contribution in [0.2, 0.25) is 0 Å². The summed E-state index contributed by atoms with van der Waals surface area (Å²) < 4.78 is 12.9. The van der Waals surface area contributed by atoms with Gasteiger partial charge in [-0.2, -0.15) is 0 Å². The molecule has 0 radical (unpaired) electrons. The fourth-order valence-corrected chi connectivity index (χ4v) is 5.72. The first-order valence-corrected chi connectivity index (χ1v) is 13.1. The van der Waals surface area contributed by atoms with E-state index in [0.717, 1.165) is 19.0 Å². The monoisotopic (exact) mass is 456 g/mol. The summed E-state index contributed by atoms with van der Waals surface area (Å²) in [6, 6.07) is 3.43. The van der Waals surface area contributed by atoms with E-state index in [1.807, 2.05) is 0 Å². The summed E-state index contributed by atoms with van der Waals surface area (Å²) in [5.74, 6) is 0.808. The summed E-state index contributed by atoms with van der Waals surface area (Å²) in [5, 5.41) is 0. The standard InChI is InChI=1S/C9H18N2.C8H17FN2.C8H18N2/c1-6(2)11-5-7-3-4-8(11)9(7)10;1-6(2)11-4-7(9)3-8(10)5-11;1-7(2)10-5-3-4-8(9)6-10/h6-9H,3-5,10H2,1-2H3;6-8H,3-5,10H2,1-2H3;7-8H,3-6,9H2,1-2H3/t7?,8?,9-;7-,8-;8-/m111/s1. The zero-order valence-corrected chi connectivity index (χ0v) is 21.7. The minimum Gasteiger partial charge on any atom is -0.327 e. The Labute approximate surface area is 197 Å². The molecule has 2 bridgehead atoms. The van der Waals surface area contributed by atoms with Gasteiger partial charge in [0.15, 0.2) is 0 Å². The van der Waals surface area contributed by atoms with E-state index < -0.39 is 6.17 Å². The largest absolute Gasteiger partial charge is 0.327 e. The van der Waals surface area contributed by atoms with E-state index in [0.29, 0.717) is 49.2 Å². The van der Waals surface area contributed by atoms with Gasteiger partial charge in [0.05, 0.1) is 0 Å². The molecule has 2 unspecified atom stereocenters. The van der Waals surface area contributed by atoms with E-state index in [2.05, 4.69) is 56.2 Å². The van der Waals surface area contributed by atoms with Gasteiger partial charge in [-0.15, -0.1) is 0 Å². The molecule has 4 fully saturated rings. The smallest absolute Gasteiger partial charge is 0.114 e. The maximum absolute atomic E-state index is 12.9. The maximum atomic E-state index is 12.9. The second kappa shape index (κ2) is 13.0. The van der Waals surface area contributed by atoms with Crippen LogP contribution in [-0.4, -0.2) is 95.9 Å². The van der Waals surface area contributed by atoms with E-state index in [1.165, 1.54) is 38.8 Å². The average Bonchev–Trinajstić information content (AvgIpc) is 3.23. The van der Waals surface area contributed by atoms with Crippen molar-refractivity contribution in [2.45, 2.75) is 122 Å². The van der Waals surface area contributed by atoms with Gasteiger partial charge < -0.3 is 17.2 Å². The number of alkyl halides is 1. The summed E-state index contributed by atoms with van der Waals surface area (Å²) >= 11 is 0. The molecule has 0 spiro atoms. The Morgan fingerprint density at radius 3 is 1.72 bits per heavy atom. The predicted molar refractivity (Wildman–Crippen MR) is 134 cm³/mol. The lowest BCUT2D eigenvalue weighted by Crippen LogP contribution is -2.50. The normalized spacial score (nSPS) is 36.3. The molecule has 0 aromatic rings. The van der Waals surface area contributed by atoms with E-state index in [4.69, 9.17) is 17.2 Å². The SMILES string of the molecule is CC(C)N1CC2CCC1[C@@H]2N.CC(C)N1CCC[C@@H](N)C1.CC(C)N1C[C@H](N)C[C@@H](F)C1. The molecule has 0 aromatic carbocycles. The molecule has 7 heteroatoms. The van der Waals surface area contributed by atoms with Crippen LogP contribution in [0.25, 0.3) is 0 Å². The quantitative estimate of drug-likeness (QED) is 0.604. The second-order valence-electron chi connectivity index (χ2n) is 11.4. The third-order valence-electron chi connectivity index (χ3n) is 7.77. The molecule has 32 heavy (non-hydrogen) atoms. The molecule has 3 saturated heterocycles. The number of piperidine rings is 3. The fourth-order valence-electron chi connectivity index (χ4n) is 5.72. The third-order valence-corrected chi connectivity index (χ3v) is 7.77. The van der Waals surface area contributed by atoms with Gasteiger partial charge >= 0.3 is 0 Å². The lowest BCUT2D eigenvalue weighted by Gasteiger charge is -2.35. The molecule has 1 saturated carbocycles. The van der Waals surface area contributed by atoms with Crippen LogP contribution in [0.5, 0.6) is 0 Å². The van der Waals surface area contributed by atoms with E-state index in [1.54, 1.807) is 0 Å². The number of nitrogens with zero attached hydrogens (tertiary/aromatic N) is 3. The lowest BCUT2D eigenvalue weighted by molar-refractivity contribution is 0.0987. The zero-order valence-electron chi connectivity index (χ0n) is 21.7. The van der Waals surface area contributed by atoms with Gasteiger partial charge in [-0.1, -0.05) is 0 Å². The van der Waals surface area contributed by atoms with Crippen LogP contribution in [0.1, 0.15) is 73.6 Å². The summed E-state index contributed by atoms with van der Waals surface area (Å²) in [7, 11) is 0. The van der Waals surface area contributed by atoms with Gasteiger partial charge in [0.1, 0.15) is 6.17 Å². The molecular formula is C25H53FN6. The van der Waals surface area contributed by atoms with Crippen molar-refractivity contribution in [2.75, 3.05) is 32.7 Å². The van der Waals surface area contributed by atoms with Crippen molar-refractivity contribution in [2.24, 2.45) is 23.1 Å². The van der Waals surface area contributed by atoms with E-state index in [9.17, 15) is 4.39 Å². The van der Waals surface area contributed by atoms with Crippen molar-refractivity contribution in [1.29, 1.82) is 0 Å². The number of rotatable bonds is 3. The molecule has 4 aliphatic rings.